The molecule has 4 aromatic rings. The molecule has 32 heavy (non-hydrogen) atoms. The van der Waals surface area contributed by atoms with Crippen molar-refractivity contribution in [3.63, 3.8) is 0 Å². The highest BCUT2D eigenvalue weighted by Crippen LogP contribution is 2.68. The van der Waals surface area contributed by atoms with Gasteiger partial charge in [-0.1, -0.05) is 57.2 Å². The van der Waals surface area contributed by atoms with Crippen molar-refractivity contribution in [3.8, 4) is 5.69 Å². The number of nitrogens with zero attached hydrogens (tertiary/aromatic N) is 2. The summed E-state index contributed by atoms with van der Waals surface area (Å²) in [5.74, 6) is 0.178. The standard InChI is InChI=1S/C27H26N2O3/c1-26(2)19-13-14-27(26,3)24-23(19)20(28-29(24)18-10-5-4-6-11-18)16-31-25(30)22-15-17-9-7-8-12-21(17)32-22/h4-12,15,19H,13-14,16H2,1-3H3/t19-,27+/m0/s1. The number of hydrogen-bond acceptors (Lipinski definition) is 4. The number of esters is 1. The van der Waals surface area contributed by atoms with Crippen molar-refractivity contribution in [1.29, 1.82) is 0 Å². The lowest BCUT2D eigenvalue weighted by atomic mass is 9.70. The summed E-state index contributed by atoms with van der Waals surface area (Å²) in [6.45, 7) is 7.24. The van der Waals surface area contributed by atoms with Crippen LogP contribution in [0.25, 0.3) is 16.7 Å². The number of aromatic nitrogens is 2. The van der Waals surface area contributed by atoms with E-state index < -0.39 is 5.97 Å². The molecule has 0 radical (unpaired) electrons. The van der Waals surface area contributed by atoms with E-state index in [0.717, 1.165) is 29.6 Å². The highest BCUT2D eigenvalue weighted by molar-refractivity contribution is 5.92. The van der Waals surface area contributed by atoms with E-state index in [1.165, 1.54) is 11.3 Å². The Morgan fingerprint density at radius 1 is 1.12 bits per heavy atom. The van der Waals surface area contributed by atoms with Crippen LogP contribution in [-0.2, 0) is 16.8 Å². The Morgan fingerprint density at radius 2 is 1.88 bits per heavy atom. The molecule has 2 aromatic heterocycles. The number of para-hydroxylation sites is 2. The first-order chi connectivity index (χ1) is 15.4. The smallest absolute Gasteiger partial charge is 0.374 e. The van der Waals surface area contributed by atoms with Gasteiger partial charge in [0.05, 0.1) is 11.4 Å². The van der Waals surface area contributed by atoms with Crippen LogP contribution in [-0.4, -0.2) is 15.7 Å². The maximum absolute atomic E-state index is 12.8. The number of rotatable bonds is 4. The van der Waals surface area contributed by atoms with Gasteiger partial charge in [-0.15, -0.1) is 0 Å². The van der Waals surface area contributed by atoms with Gasteiger partial charge in [0.2, 0.25) is 5.76 Å². The second kappa shape index (κ2) is 6.58. The van der Waals surface area contributed by atoms with Crippen molar-refractivity contribution in [2.75, 3.05) is 0 Å². The fourth-order valence-electron chi connectivity index (χ4n) is 5.95. The van der Waals surface area contributed by atoms with Crippen molar-refractivity contribution >= 4 is 16.9 Å². The molecule has 2 heterocycles. The molecule has 0 unspecified atom stereocenters. The average molecular weight is 427 g/mol. The monoisotopic (exact) mass is 426 g/mol. The lowest BCUT2D eigenvalue weighted by molar-refractivity contribution is 0.0431. The largest absolute Gasteiger partial charge is 0.453 e. The predicted molar refractivity (Wildman–Crippen MR) is 122 cm³/mol. The molecule has 0 N–H and O–H groups in total. The summed E-state index contributed by atoms with van der Waals surface area (Å²) in [5.41, 5.74) is 5.30. The van der Waals surface area contributed by atoms with E-state index in [4.69, 9.17) is 14.3 Å². The minimum Gasteiger partial charge on any atom is -0.453 e. The first-order valence-corrected chi connectivity index (χ1v) is 11.2. The van der Waals surface area contributed by atoms with Gasteiger partial charge in [-0.2, -0.15) is 5.10 Å². The number of carbonyl (C=O) groups excluding carboxylic acids is 1. The van der Waals surface area contributed by atoms with Gasteiger partial charge in [0.1, 0.15) is 17.9 Å². The van der Waals surface area contributed by atoms with Gasteiger partial charge in [-0.05, 0) is 48.4 Å². The first kappa shape index (κ1) is 19.4. The zero-order chi connectivity index (χ0) is 22.1. The van der Waals surface area contributed by atoms with Crippen LogP contribution in [0.3, 0.4) is 0 Å². The molecule has 2 aliphatic carbocycles. The van der Waals surface area contributed by atoms with Gasteiger partial charge in [-0.25, -0.2) is 9.48 Å². The fraction of sp³-hybridized carbons (Fsp3) is 0.333. The van der Waals surface area contributed by atoms with Crippen LogP contribution < -0.4 is 0 Å². The minimum atomic E-state index is -0.460. The molecule has 2 bridgehead atoms. The second-order valence-corrected chi connectivity index (χ2v) is 9.83. The molecule has 162 valence electrons. The summed E-state index contributed by atoms with van der Waals surface area (Å²) in [6.07, 6.45) is 2.29. The Bertz CT molecular complexity index is 1320. The van der Waals surface area contributed by atoms with Crippen LogP contribution in [0.1, 0.15) is 67.0 Å². The number of carbonyl (C=O) groups is 1. The third-order valence-corrected chi connectivity index (χ3v) is 8.06. The molecule has 5 nitrogen and oxygen atoms in total. The third-order valence-electron chi connectivity index (χ3n) is 8.06. The second-order valence-electron chi connectivity index (χ2n) is 9.83. The summed E-state index contributed by atoms with van der Waals surface area (Å²) < 4.78 is 13.5. The van der Waals surface area contributed by atoms with Crippen LogP contribution in [0.15, 0.2) is 65.1 Å². The van der Waals surface area contributed by atoms with E-state index in [2.05, 4.69) is 37.6 Å². The van der Waals surface area contributed by atoms with E-state index in [1.54, 1.807) is 6.07 Å². The van der Waals surface area contributed by atoms with Crippen LogP contribution in [0.4, 0.5) is 0 Å². The highest BCUT2D eigenvalue weighted by Gasteiger charge is 2.62. The molecular weight excluding hydrogens is 400 g/mol. The minimum absolute atomic E-state index is 0.0385. The van der Waals surface area contributed by atoms with Crippen molar-refractivity contribution in [2.45, 2.75) is 51.6 Å². The molecular formula is C27H26N2O3. The topological polar surface area (TPSA) is 57.3 Å². The van der Waals surface area contributed by atoms with Crippen LogP contribution >= 0.6 is 0 Å². The summed E-state index contributed by atoms with van der Waals surface area (Å²) in [5, 5.41) is 5.86. The number of ether oxygens (including phenoxy) is 1. The highest BCUT2D eigenvalue weighted by atomic mass is 16.5. The van der Waals surface area contributed by atoms with Crippen LogP contribution in [0, 0.1) is 5.41 Å². The Morgan fingerprint density at radius 3 is 2.66 bits per heavy atom. The Balaban J connectivity index is 1.37. The first-order valence-electron chi connectivity index (χ1n) is 11.2. The van der Waals surface area contributed by atoms with E-state index in [-0.39, 0.29) is 23.2 Å². The maximum atomic E-state index is 12.8. The van der Waals surface area contributed by atoms with Gasteiger partial charge in [0.15, 0.2) is 0 Å². The van der Waals surface area contributed by atoms with Gasteiger partial charge in [0, 0.05) is 16.4 Å². The van der Waals surface area contributed by atoms with Gasteiger partial charge in [0.25, 0.3) is 0 Å². The predicted octanol–water partition coefficient (Wildman–Crippen LogP) is 6.15. The molecule has 5 heteroatoms. The average Bonchev–Trinajstić information content (AvgIpc) is 3.49. The Labute approximate surface area is 187 Å². The SMILES string of the molecule is CC1(C)[C@H]2CC[C@]1(C)c1c2c(COC(=O)c2cc3ccccc3o2)nn1-c1ccccc1. The molecule has 2 aliphatic rings. The van der Waals surface area contributed by atoms with E-state index >= 15 is 0 Å². The summed E-state index contributed by atoms with van der Waals surface area (Å²) in [4.78, 5) is 12.8. The van der Waals surface area contributed by atoms with Crippen molar-refractivity contribution < 1.29 is 13.9 Å². The summed E-state index contributed by atoms with van der Waals surface area (Å²) in [6, 6.07) is 19.6. The quantitative estimate of drug-likeness (QED) is 0.367. The van der Waals surface area contributed by atoms with Crippen LogP contribution in [0.5, 0.6) is 0 Å². The van der Waals surface area contributed by atoms with Crippen molar-refractivity contribution in [2.24, 2.45) is 5.41 Å². The number of benzene rings is 2. The zero-order valence-electron chi connectivity index (χ0n) is 18.6. The van der Waals surface area contributed by atoms with Crippen molar-refractivity contribution in [3.05, 3.63) is 83.4 Å². The van der Waals surface area contributed by atoms with E-state index in [1.807, 2.05) is 42.5 Å². The molecule has 2 atom stereocenters. The molecule has 0 amide bonds. The third kappa shape index (κ3) is 2.51. The number of hydrogen-bond donors (Lipinski definition) is 0. The molecule has 0 spiro atoms. The fourth-order valence-corrected chi connectivity index (χ4v) is 5.95. The Kier molecular flexibility index (Phi) is 3.98. The Hall–Kier alpha value is -3.34. The molecule has 6 rings (SSSR count). The molecule has 1 saturated carbocycles. The van der Waals surface area contributed by atoms with Gasteiger partial charge < -0.3 is 9.15 Å². The summed E-state index contributed by atoms with van der Waals surface area (Å²) >= 11 is 0. The van der Waals surface area contributed by atoms with Gasteiger partial charge >= 0.3 is 5.97 Å². The lowest BCUT2D eigenvalue weighted by Crippen LogP contribution is -2.33. The van der Waals surface area contributed by atoms with E-state index in [9.17, 15) is 4.79 Å². The molecule has 0 aliphatic heterocycles. The maximum Gasteiger partial charge on any atom is 0.374 e. The van der Waals surface area contributed by atoms with Gasteiger partial charge in [-0.3, -0.25) is 0 Å². The van der Waals surface area contributed by atoms with E-state index in [0.29, 0.717) is 11.5 Å². The summed E-state index contributed by atoms with van der Waals surface area (Å²) in [7, 11) is 0. The van der Waals surface area contributed by atoms with Crippen LogP contribution in [0.2, 0.25) is 0 Å². The van der Waals surface area contributed by atoms with Crippen molar-refractivity contribution in [1.82, 2.24) is 9.78 Å². The molecule has 0 saturated heterocycles. The molecule has 2 aromatic carbocycles. The zero-order valence-corrected chi connectivity index (χ0v) is 18.6. The normalized spacial score (nSPS) is 22.9. The number of fused-ring (bicyclic) bond motifs is 6. The lowest BCUT2D eigenvalue weighted by Gasteiger charge is -2.35. The number of furan rings is 1. The molecule has 1 fully saturated rings.